The first-order valence-electron chi connectivity index (χ1n) is 4.53. The van der Waals surface area contributed by atoms with Gasteiger partial charge >= 0.3 is 0 Å². The molecule has 0 unspecified atom stereocenters. The van der Waals surface area contributed by atoms with Gasteiger partial charge in [0.15, 0.2) is 0 Å². The van der Waals surface area contributed by atoms with Crippen molar-refractivity contribution >= 4 is 18.3 Å². The second-order valence-electron chi connectivity index (χ2n) is 3.09. The molecule has 0 aliphatic carbocycles. The molecule has 0 fully saturated rings. The van der Waals surface area contributed by atoms with Crippen molar-refractivity contribution in [3.05, 3.63) is 35.4 Å². The van der Waals surface area contributed by atoms with E-state index >= 15 is 0 Å². The largest absolute Gasteiger partial charge is 0.352 e. The van der Waals surface area contributed by atoms with Crippen LogP contribution in [0.2, 0.25) is 0 Å². The number of rotatable bonds is 4. The molecule has 6 heteroatoms. The van der Waals surface area contributed by atoms with Crippen LogP contribution in [-0.4, -0.2) is 12.5 Å². The molecule has 1 amide bonds. The zero-order valence-electron chi connectivity index (χ0n) is 8.50. The third-order valence-corrected chi connectivity index (χ3v) is 1.78. The monoisotopic (exact) mass is 250 g/mol. The highest BCUT2D eigenvalue weighted by molar-refractivity contribution is 5.85. The molecule has 3 nitrogen and oxygen atoms in total. The molecule has 0 spiro atoms. The Morgan fingerprint density at radius 1 is 1.25 bits per heavy atom. The van der Waals surface area contributed by atoms with Crippen LogP contribution in [-0.2, 0) is 11.3 Å². The van der Waals surface area contributed by atoms with Crippen molar-refractivity contribution in [3.63, 3.8) is 0 Å². The van der Waals surface area contributed by atoms with Crippen LogP contribution < -0.4 is 11.1 Å². The first-order chi connectivity index (χ1) is 7.11. The molecule has 0 radical (unpaired) electrons. The van der Waals surface area contributed by atoms with Crippen molar-refractivity contribution in [2.45, 2.75) is 13.0 Å². The molecular formula is C10H13ClF2N2O. The van der Waals surface area contributed by atoms with E-state index < -0.39 is 11.6 Å². The summed E-state index contributed by atoms with van der Waals surface area (Å²) < 4.78 is 25.5. The number of hydrogen-bond acceptors (Lipinski definition) is 2. The number of halogens is 3. The number of amides is 1. The highest BCUT2D eigenvalue weighted by atomic mass is 35.5. The summed E-state index contributed by atoms with van der Waals surface area (Å²) in [7, 11) is 0. The molecule has 0 bridgehead atoms. The van der Waals surface area contributed by atoms with E-state index in [1.807, 2.05) is 0 Å². The quantitative estimate of drug-likeness (QED) is 0.848. The summed E-state index contributed by atoms with van der Waals surface area (Å²) in [6, 6.07) is 3.13. The molecule has 0 aliphatic rings. The second-order valence-corrected chi connectivity index (χ2v) is 3.09. The molecule has 3 N–H and O–H groups in total. The fraction of sp³-hybridized carbons (Fsp3) is 0.300. The summed E-state index contributed by atoms with van der Waals surface area (Å²) in [5, 5.41) is 2.50. The summed E-state index contributed by atoms with van der Waals surface area (Å²) in [5.41, 5.74) is 5.55. The minimum Gasteiger partial charge on any atom is -0.352 e. The van der Waals surface area contributed by atoms with Gasteiger partial charge in [-0.25, -0.2) is 8.78 Å². The van der Waals surface area contributed by atoms with Crippen molar-refractivity contribution in [1.29, 1.82) is 0 Å². The highest BCUT2D eigenvalue weighted by Gasteiger charge is 2.02. The lowest BCUT2D eigenvalue weighted by atomic mass is 10.2. The fourth-order valence-corrected chi connectivity index (χ4v) is 1.13. The van der Waals surface area contributed by atoms with Gasteiger partial charge in [-0.05, 0) is 17.7 Å². The van der Waals surface area contributed by atoms with E-state index in [9.17, 15) is 13.6 Å². The Balaban J connectivity index is 0.00000225. The minimum absolute atomic E-state index is 0. The molecule has 16 heavy (non-hydrogen) atoms. The molecule has 0 aliphatic heterocycles. The van der Waals surface area contributed by atoms with Crippen molar-refractivity contribution < 1.29 is 13.6 Å². The van der Waals surface area contributed by atoms with Gasteiger partial charge in [-0.2, -0.15) is 0 Å². The van der Waals surface area contributed by atoms with E-state index in [4.69, 9.17) is 5.73 Å². The van der Waals surface area contributed by atoms with E-state index in [1.165, 1.54) is 12.1 Å². The normalized spacial score (nSPS) is 9.44. The molecule has 90 valence electrons. The minimum atomic E-state index is -0.655. The van der Waals surface area contributed by atoms with Crippen LogP contribution in [0, 0.1) is 11.6 Å². The maximum atomic E-state index is 12.7. The van der Waals surface area contributed by atoms with Crippen LogP contribution in [0.25, 0.3) is 0 Å². The molecule has 1 rings (SSSR count). The summed E-state index contributed by atoms with van der Waals surface area (Å²) in [6.07, 6.45) is 0.206. The molecule has 0 aromatic heterocycles. The van der Waals surface area contributed by atoms with Crippen LogP contribution in [0.15, 0.2) is 18.2 Å². The van der Waals surface area contributed by atoms with Crippen molar-refractivity contribution in [2.24, 2.45) is 5.73 Å². The Kier molecular flexibility index (Phi) is 6.60. The van der Waals surface area contributed by atoms with Gasteiger partial charge in [0.05, 0.1) is 0 Å². The van der Waals surface area contributed by atoms with E-state index in [0.717, 1.165) is 6.07 Å². The Labute approximate surface area is 98.4 Å². The molecule has 0 atom stereocenters. The highest BCUT2D eigenvalue weighted by Crippen LogP contribution is 2.07. The van der Waals surface area contributed by atoms with E-state index in [2.05, 4.69) is 5.32 Å². The number of nitrogens with one attached hydrogen (secondary N) is 1. The van der Waals surface area contributed by atoms with Gasteiger partial charge in [0.1, 0.15) is 11.6 Å². The SMILES string of the molecule is Cl.NCCC(=O)NCc1cc(F)cc(F)c1. The lowest BCUT2D eigenvalue weighted by molar-refractivity contribution is -0.121. The van der Waals surface area contributed by atoms with Crippen molar-refractivity contribution in [3.8, 4) is 0 Å². The van der Waals surface area contributed by atoms with Gasteiger partial charge in [-0.1, -0.05) is 0 Å². The summed E-state index contributed by atoms with van der Waals surface area (Å²) in [5.74, 6) is -1.54. The zero-order valence-corrected chi connectivity index (χ0v) is 9.32. The maximum absolute atomic E-state index is 12.7. The molecular weight excluding hydrogens is 238 g/mol. The second kappa shape index (κ2) is 7.14. The first kappa shape index (κ1) is 14.8. The fourth-order valence-electron chi connectivity index (χ4n) is 1.13. The Morgan fingerprint density at radius 2 is 1.81 bits per heavy atom. The Hall–Kier alpha value is -1.20. The predicted molar refractivity (Wildman–Crippen MR) is 59.1 cm³/mol. The zero-order chi connectivity index (χ0) is 11.3. The van der Waals surface area contributed by atoms with Crippen LogP contribution in [0.1, 0.15) is 12.0 Å². The van der Waals surface area contributed by atoms with E-state index in [1.54, 1.807) is 0 Å². The average molecular weight is 251 g/mol. The summed E-state index contributed by atoms with van der Waals surface area (Å²) in [4.78, 5) is 11.0. The molecule has 0 heterocycles. The average Bonchev–Trinajstić information content (AvgIpc) is 2.14. The van der Waals surface area contributed by atoms with Gasteiger partial charge in [0, 0.05) is 25.6 Å². The lowest BCUT2D eigenvalue weighted by Gasteiger charge is -2.04. The third kappa shape index (κ3) is 5.04. The topological polar surface area (TPSA) is 55.1 Å². The van der Waals surface area contributed by atoms with Crippen LogP contribution in [0.5, 0.6) is 0 Å². The van der Waals surface area contributed by atoms with Crippen LogP contribution >= 0.6 is 12.4 Å². The van der Waals surface area contributed by atoms with Crippen molar-refractivity contribution in [2.75, 3.05) is 6.54 Å². The molecule has 1 aromatic rings. The smallest absolute Gasteiger partial charge is 0.221 e. The number of benzene rings is 1. The number of carbonyl (C=O) groups is 1. The third-order valence-electron chi connectivity index (χ3n) is 1.78. The van der Waals surface area contributed by atoms with E-state index in [-0.39, 0.29) is 37.8 Å². The first-order valence-corrected chi connectivity index (χ1v) is 4.53. The van der Waals surface area contributed by atoms with Gasteiger partial charge in [-0.3, -0.25) is 4.79 Å². The summed E-state index contributed by atoms with van der Waals surface area (Å²) in [6.45, 7) is 0.358. The van der Waals surface area contributed by atoms with Gasteiger partial charge in [0.25, 0.3) is 0 Å². The van der Waals surface area contributed by atoms with Crippen LogP contribution in [0.4, 0.5) is 8.78 Å². The van der Waals surface area contributed by atoms with E-state index in [0.29, 0.717) is 5.56 Å². The Morgan fingerprint density at radius 3 is 2.31 bits per heavy atom. The van der Waals surface area contributed by atoms with Gasteiger partial charge in [0.2, 0.25) is 5.91 Å². The van der Waals surface area contributed by atoms with Crippen molar-refractivity contribution in [1.82, 2.24) is 5.32 Å². The summed E-state index contributed by atoms with van der Waals surface area (Å²) >= 11 is 0. The maximum Gasteiger partial charge on any atom is 0.221 e. The van der Waals surface area contributed by atoms with Gasteiger partial charge in [-0.15, -0.1) is 12.4 Å². The number of carbonyl (C=O) groups excluding carboxylic acids is 1. The lowest BCUT2D eigenvalue weighted by Crippen LogP contribution is -2.25. The Bertz CT molecular complexity index is 340. The number of nitrogens with two attached hydrogens (primary N) is 1. The van der Waals surface area contributed by atoms with Gasteiger partial charge < -0.3 is 11.1 Å². The molecule has 1 aromatic carbocycles. The number of hydrogen-bond donors (Lipinski definition) is 2. The molecule has 0 saturated carbocycles. The predicted octanol–water partition coefficient (Wildman–Crippen LogP) is 1.35. The van der Waals surface area contributed by atoms with Crippen LogP contribution in [0.3, 0.4) is 0 Å². The molecule has 0 saturated heterocycles. The standard InChI is InChI=1S/C10H12F2N2O.ClH/c11-8-3-7(4-9(12)5-8)6-14-10(15)1-2-13;/h3-5H,1-2,6,13H2,(H,14,15);1H.